The second kappa shape index (κ2) is 5.31. The highest BCUT2D eigenvalue weighted by Crippen LogP contribution is 2.20. The summed E-state index contributed by atoms with van der Waals surface area (Å²) >= 11 is 3.10. The third kappa shape index (κ3) is 3.05. The average Bonchev–Trinajstić information content (AvgIpc) is 2.35. The smallest absolute Gasteiger partial charge is 0.259 e. The van der Waals surface area contributed by atoms with Crippen LogP contribution in [0, 0.1) is 11.6 Å². The zero-order chi connectivity index (χ0) is 14.0. The summed E-state index contributed by atoms with van der Waals surface area (Å²) < 4.78 is 27.1. The molecule has 0 aliphatic carbocycles. The van der Waals surface area contributed by atoms with Crippen LogP contribution in [0.25, 0.3) is 0 Å². The van der Waals surface area contributed by atoms with Gasteiger partial charge in [0.1, 0.15) is 17.5 Å². The van der Waals surface area contributed by atoms with E-state index in [0.717, 1.165) is 12.3 Å². The van der Waals surface area contributed by atoms with E-state index in [1.54, 1.807) is 6.07 Å². The first-order valence-corrected chi connectivity index (χ1v) is 5.94. The highest BCUT2D eigenvalue weighted by molar-refractivity contribution is 9.10. The molecule has 0 aliphatic rings. The molecule has 0 saturated carbocycles. The number of nitrogens with one attached hydrogen (secondary N) is 1. The number of halogens is 3. The standard InChI is InChI=1S/C12H8BrF2N3O/c13-6-1-2-10(9(15)3-6)18-12(19)8-4-7(14)5-17-11(8)16/h1-5H,(H2,16,17)(H,18,19). The van der Waals surface area contributed by atoms with Crippen LogP contribution in [-0.2, 0) is 0 Å². The van der Waals surface area contributed by atoms with Gasteiger partial charge >= 0.3 is 0 Å². The Labute approximate surface area is 115 Å². The Morgan fingerprint density at radius 2 is 2.05 bits per heavy atom. The van der Waals surface area contributed by atoms with Crippen molar-refractivity contribution in [1.29, 1.82) is 0 Å². The number of rotatable bonds is 2. The summed E-state index contributed by atoms with van der Waals surface area (Å²) in [5.41, 5.74) is 5.29. The number of pyridine rings is 1. The normalized spacial score (nSPS) is 10.3. The Balaban J connectivity index is 2.28. The van der Waals surface area contributed by atoms with Gasteiger partial charge in [-0.25, -0.2) is 13.8 Å². The lowest BCUT2D eigenvalue weighted by Crippen LogP contribution is -2.16. The minimum absolute atomic E-state index is 0.0307. The zero-order valence-electron chi connectivity index (χ0n) is 9.45. The lowest BCUT2D eigenvalue weighted by molar-refractivity contribution is 0.102. The van der Waals surface area contributed by atoms with Gasteiger partial charge in [0, 0.05) is 4.47 Å². The van der Waals surface area contributed by atoms with Gasteiger partial charge in [0.05, 0.1) is 17.4 Å². The van der Waals surface area contributed by atoms with Crippen molar-refractivity contribution in [2.75, 3.05) is 11.1 Å². The fraction of sp³-hybridized carbons (Fsp3) is 0. The molecule has 0 spiro atoms. The number of nitrogens with two attached hydrogens (primary N) is 1. The molecule has 2 aromatic rings. The van der Waals surface area contributed by atoms with E-state index < -0.39 is 17.5 Å². The first-order chi connectivity index (χ1) is 8.97. The fourth-order valence-electron chi connectivity index (χ4n) is 1.41. The summed E-state index contributed by atoms with van der Waals surface area (Å²) in [5, 5.41) is 2.30. The van der Waals surface area contributed by atoms with Crippen LogP contribution < -0.4 is 11.1 Å². The van der Waals surface area contributed by atoms with Gasteiger partial charge in [-0.05, 0) is 24.3 Å². The highest BCUT2D eigenvalue weighted by Gasteiger charge is 2.14. The summed E-state index contributed by atoms with van der Waals surface area (Å²) in [6.45, 7) is 0. The maximum atomic E-state index is 13.5. The van der Waals surface area contributed by atoms with Crippen molar-refractivity contribution in [3.63, 3.8) is 0 Å². The molecule has 7 heteroatoms. The van der Waals surface area contributed by atoms with Gasteiger partial charge in [-0.15, -0.1) is 0 Å². The SMILES string of the molecule is Nc1ncc(F)cc1C(=O)Nc1ccc(Br)cc1F. The molecule has 0 bridgehead atoms. The molecule has 0 fully saturated rings. The molecule has 98 valence electrons. The monoisotopic (exact) mass is 327 g/mol. The van der Waals surface area contributed by atoms with Crippen LogP contribution in [0.2, 0.25) is 0 Å². The minimum atomic E-state index is -0.731. The number of benzene rings is 1. The van der Waals surface area contributed by atoms with Crippen LogP contribution in [0.4, 0.5) is 20.3 Å². The Hall–Kier alpha value is -2.02. The molecule has 19 heavy (non-hydrogen) atoms. The lowest BCUT2D eigenvalue weighted by atomic mass is 10.2. The molecule has 2 rings (SSSR count). The minimum Gasteiger partial charge on any atom is -0.383 e. The second-order valence-electron chi connectivity index (χ2n) is 3.66. The third-order valence-corrected chi connectivity index (χ3v) is 2.80. The number of carbonyl (C=O) groups is 1. The van der Waals surface area contributed by atoms with Gasteiger partial charge in [-0.1, -0.05) is 15.9 Å². The number of anilines is 2. The average molecular weight is 328 g/mol. The quantitative estimate of drug-likeness (QED) is 0.891. The van der Waals surface area contributed by atoms with E-state index >= 15 is 0 Å². The Morgan fingerprint density at radius 1 is 1.32 bits per heavy atom. The molecule has 1 amide bonds. The van der Waals surface area contributed by atoms with Crippen LogP contribution in [0.1, 0.15) is 10.4 Å². The summed E-state index contributed by atoms with van der Waals surface area (Å²) in [7, 11) is 0. The van der Waals surface area contributed by atoms with Crippen LogP contribution in [0.15, 0.2) is 34.9 Å². The summed E-state index contributed by atoms with van der Waals surface area (Å²) in [6, 6.07) is 5.07. The molecule has 3 N–H and O–H groups in total. The van der Waals surface area contributed by atoms with Gasteiger partial charge < -0.3 is 11.1 Å². The van der Waals surface area contributed by atoms with Crippen molar-refractivity contribution in [2.45, 2.75) is 0 Å². The molecule has 0 unspecified atom stereocenters. The molecule has 1 heterocycles. The predicted octanol–water partition coefficient (Wildman–Crippen LogP) is 2.96. The topological polar surface area (TPSA) is 68.0 Å². The van der Waals surface area contributed by atoms with Crippen molar-refractivity contribution in [2.24, 2.45) is 0 Å². The van der Waals surface area contributed by atoms with E-state index in [0.29, 0.717) is 4.47 Å². The van der Waals surface area contributed by atoms with Crippen molar-refractivity contribution in [3.05, 3.63) is 52.1 Å². The van der Waals surface area contributed by atoms with Gasteiger partial charge in [0.15, 0.2) is 0 Å². The molecule has 0 aliphatic heterocycles. The summed E-state index contributed by atoms with van der Waals surface area (Å²) in [6.07, 6.45) is 0.895. The summed E-state index contributed by atoms with van der Waals surface area (Å²) in [5.74, 6) is -2.18. The Bertz CT molecular complexity index is 649. The zero-order valence-corrected chi connectivity index (χ0v) is 11.0. The number of nitrogens with zero attached hydrogens (tertiary/aromatic N) is 1. The van der Waals surface area contributed by atoms with Crippen molar-refractivity contribution < 1.29 is 13.6 Å². The van der Waals surface area contributed by atoms with Crippen LogP contribution in [0.3, 0.4) is 0 Å². The van der Waals surface area contributed by atoms with Crippen molar-refractivity contribution in [1.82, 2.24) is 4.98 Å². The van der Waals surface area contributed by atoms with Crippen molar-refractivity contribution >= 4 is 33.3 Å². The van der Waals surface area contributed by atoms with Crippen molar-refractivity contribution in [3.8, 4) is 0 Å². The van der Waals surface area contributed by atoms with Crippen LogP contribution in [0.5, 0.6) is 0 Å². The molecular formula is C12H8BrF2N3O. The molecule has 1 aromatic heterocycles. The first-order valence-electron chi connectivity index (χ1n) is 5.15. The summed E-state index contributed by atoms with van der Waals surface area (Å²) in [4.78, 5) is 15.4. The molecule has 4 nitrogen and oxygen atoms in total. The van der Waals surface area contributed by atoms with Crippen LogP contribution >= 0.6 is 15.9 Å². The molecule has 0 radical (unpaired) electrons. The number of carbonyl (C=O) groups excluding carboxylic acids is 1. The van der Waals surface area contributed by atoms with E-state index in [-0.39, 0.29) is 17.1 Å². The largest absolute Gasteiger partial charge is 0.383 e. The second-order valence-corrected chi connectivity index (χ2v) is 4.58. The molecule has 1 aromatic carbocycles. The highest BCUT2D eigenvalue weighted by atomic mass is 79.9. The number of hydrogen-bond acceptors (Lipinski definition) is 3. The number of amides is 1. The van der Waals surface area contributed by atoms with Gasteiger partial charge in [-0.2, -0.15) is 0 Å². The molecule has 0 saturated heterocycles. The van der Waals surface area contributed by atoms with Crippen LogP contribution in [-0.4, -0.2) is 10.9 Å². The maximum absolute atomic E-state index is 13.5. The Morgan fingerprint density at radius 3 is 2.74 bits per heavy atom. The van der Waals surface area contributed by atoms with Gasteiger partial charge in [-0.3, -0.25) is 4.79 Å². The first kappa shape index (κ1) is 13.4. The van der Waals surface area contributed by atoms with Gasteiger partial charge in [0.25, 0.3) is 5.91 Å². The molecular weight excluding hydrogens is 320 g/mol. The van der Waals surface area contributed by atoms with E-state index in [2.05, 4.69) is 26.2 Å². The molecule has 0 atom stereocenters. The third-order valence-electron chi connectivity index (χ3n) is 2.31. The fourth-order valence-corrected chi connectivity index (χ4v) is 1.75. The lowest BCUT2D eigenvalue weighted by Gasteiger charge is -2.08. The van der Waals surface area contributed by atoms with Gasteiger partial charge in [0.2, 0.25) is 0 Å². The number of hydrogen-bond donors (Lipinski definition) is 2. The number of nitrogen functional groups attached to an aromatic ring is 1. The Kier molecular flexibility index (Phi) is 3.75. The maximum Gasteiger partial charge on any atom is 0.259 e. The predicted molar refractivity (Wildman–Crippen MR) is 70.7 cm³/mol. The van der Waals surface area contributed by atoms with E-state index in [4.69, 9.17) is 5.73 Å². The number of aromatic nitrogens is 1. The van der Waals surface area contributed by atoms with E-state index in [1.807, 2.05) is 0 Å². The van der Waals surface area contributed by atoms with E-state index in [1.165, 1.54) is 12.1 Å². The van der Waals surface area contributed by atoms with E-state index in [9.17, 15) is 13.6 Å².